The van der Waals surface area contributed by atoms with Crippen LogP contribution >= 0.6 is 11.8 Å². The van der Waals surface area contributed by atoms with Crippen molar-refractivity contribution >= 4 is 52.6 Å². The number of nitrogens with zero attached hydrogens (tertiary/aromatic N) is 1. The van der Waals surface area contributed by atoms with E-state index < -0.39 is 22.0 Å². The van der Waals surface area contributed by atoms with Crippen molar-refractivity contribution in [2.45, 2.75) is 24.0 Å². The van der Waals surface area contributed by atoms with Crippen LogP contribution in [0, 0.1) is 17.0 Å². The van der Waals surface area contributed by atoms with Gasteiger partial charge in [0.05, 0.1) is 37.2 Å². The molecule has 0 saturated heterocycles. The lowest BCUT2D eigenvalue weighted by molar-refractivity contribution is -0.384. The predicted molar refractivity (Wildman–Crippen MR) is 185 cm³/mol. The first kappa shape index (κ1) is 35.0. The number of carbonyl (C=O) groups excluding carboxylic acids is 3. The van der Waals surface area contributed by atoms with Crippen LogP contribution in [0.25, 0.3) is 6.08 Å². The molecule has 0 heterocycles. The fraction of sp³-hybridized carbons (Fsp3) is 0.171. The molecular formula is C35H34N4O8S. The van der Waals surface area contributed by atoms with E-state index in [9.17, 15) is 24.5 Å². The second-order valence-electron chi connectivity index (χ2n) is 10.3. The van der Waals surface area contributed by atoms with Gasteiger partial charge in [0.1, 0.15) is 11.4 Å². The molecule has 12 nitrogen and oxygen atoms in total. The molecule has 4 rings (SSSR count). The molecule has 0 aliphatic carbocycles. The average Bonchev–Trinajstić information content (AvgIpc) is 3.08. The third-order valence-corrected chi connectivity index (χ3v) is 8.12. The van der Waals surface area contributed by atoms with Crippen molar-refractivity contribution < 1.29 is 33.5 Å². The van der Waals surface area contributed by atoms with Crippen LogP contribution < -0.4 is 30.2 Å². The maximum atomic E-state index is 13.7. The van der Waals surface area contributed by atoms with Gasteiger partial charge in [0.15, 0.2) is 11.5 Å². The number of carbonyl (C=O) groups is 3. The monoisotopic (exact) mass is 670 g/mol. The van der Waals surface area contributed by atoms with Gasteiger partial charge in [-0.15, -0.1) is 11.8 Å². The molecule has 0 bridgehead atoms. The maximum Gasteiger partial charge on any atom is 0.272 e. The molecule has 4 aromatic rings. The van der Waals surface area contributed by atoms with Gasteiger partial charge in [0.2, 0.25) is 5.91 Å². The molecule has 1 atom stereocenters. The van der Waals surface area contributed by atoms with Crippen LogP contribution in [0.5, 0.6) is 17.2 Å². The number of non-ortho nitro benzene ring substituents is 1. The van der Waals surface area contributed by atoms with E-state index in [-0.39, 0.29) is 17.3 Å². The summed E-state index contributed by atoms with van der Waals surface area (Å²) < 4.78 is 16.3. The Hall–Kier alpha value is -5.82. The fourth-order valence-corrected chi connectivity index (χ4v) is 5.39. The van der Waals surface area contributed by atoms with Gasteiger partial charge in [-0.3, -0.25) is 24.5 Å². The van der Waals surface area contributed by atoms with E-state index in [1.54, 1.807) is 86.6 Å². The molecule has 0 radical (unpaired) electrons. The van der Waals surface area contributed by atoms with E-state index in [1.807, 2.05) is 0 Å². The van der Waals surface area contributed by atoms with Crippen LogP contribution in [-0.2, 0) is 9.59 Å². The average molecular weight is 671 g/mol. The van der Waals surface area contributed by atoms with Crippen molar-refractivity contribution in [3.05, 3.63) is 117 Å². The van der Waals surface area contributed by atoms with E-state index in [0.717, 1.165) is 0 Å². The summed E-state index contributed by atoms with van der Waals surface area (Å²) in [4.78, 5) is 51.2. The number of thioether (sulfide) groups is 1. The molecule has 0 aliphatic rings. The quantitative estimate of drug-likeness (QED) is 0.0628. The van der Waals surface area contributed by atoms with E-state index >= 15 is 0 Å². The summed E-state index contributed by atoms with van der Waals surface area (Å²) in [5.74, 6) is -0.288. The SMILES string of the molecule is COc1cc(OC)c(OC)cc1/C=C(/NC(=O)c1ccccc1)C(=O)Nc1cccc(SC(C)C(=O)Nc2cc([N+](=O)[O-])ccc2C)c1. The minimum Gasteiger partial charge on any atom is -0.496 e. The second kappa shape index (κ2) is 16.1. The smallest absolute Gasteiger partial charge is 0.272 e. The lowest BCUT2D eigenvalue weighted by atomic mass is 10.1. The van der Waals surface area contributed by atoms with Gasteiger partial charge in [0, 0.05) is 39.9 Å². The molecule has 0 aliphatic heterocycles. The van der Waals surface area contributed by atoms with Crippen LogP contribution in [-0.4, -0.2) is 49.2 Å². The third-order valence-electron chi connectivity index (χ3n) is 7.03. The number of hydrogen-bond donors (Lipinski definition) is 3. The standard InChI is InChI=1S/C35H34N4O8S/c1-21-14-15-26(39(43)44)19-28(21)37-33(40)22(2)48-27-13-9-12-25(18-27)36-35(42)29(38-34(41)23-10-7-6-8-11-23)16-24-17-31(46-4)32(47-5)20-30(24)45-3/h6-20,22H,1-5H3,(H,36,42)(H,37,40)(H,38,41)/b29-16+. The van der Waals surface area contributed by atoms with Gasteiger partial charge >= 0.3 is 0 Å². The van der Waals surface area contributed by atoms with Crippen LogP contribution in [0.3, 0.4) is 0 Å². The van der Waals surface area contributed by atoms with Crippen LogP contribution in [0.15, 0.2) is 95.5 Å². The molecule has 4 aromatic carbocycles. The molecule has 13 heteroatoms. The molecular weight excluding hydrogens is 636 g/mol. The largest absolute Gasteiger partial charge is 0.496 e. The number of nitro benzene ring substituents is 1. The Kier molecular flexibility index (Phi) is 11.8. The Morgan fingerprint density at radius 1 is 0.833 bits per heavy atom. The first-order valence-electron chi connectivity index (χ1n) is 14.5. The van der Waals surface area contributed by atoms with Crippen LogP contribution in [0.1, 0.15) is 28.4 Å². The molecule has 0 fully saturated rings. The number of rotatable bonds is 13. The maximum absolute atomic E-state index is 13.7. The zero-order valence-electron chi connectivity index (χ0n) is 26.9. The van der Waals surface area contributed by atoms with E-state index in [0.29, 0.717) is 50.2 Å². The molecule has 3 amide bonds. The molecule has 0 saturated carbocycles. The van der Waals surface area contributed by atoms with Gasteiger partial charge in [-0.05, 0) is 61.9 Å². The highest BCUT2D eigenvalue weighted by Crippen LogP contribution is 2.36. The fourth-order valence-electron chi connectivity index (χ4n) is 4.46. The number of benzene rings is 4. The number of aryl methyl sites for hydroxylation is 1. The molecule has 3 N–H and O–H groups in total. The lowest BCUT2D eigenvalue weighted by Crippen LogP contribution is -2.30. The highest BCUT2D eigenvalue weighted by atomic mass is 32.2. The van der Waals surface area contributed by atoms with Crippen molar-refractivity contribution in [1.29, 1.82) is 0 Å². The summed E-state index contributed by atoms with van der Waals surface area (Å²) in [6.07, 6.45) is 1.47. The van der Waals surface area contributed by atoms with Crippen LogP contribution in [0.2, 0.25) is 0 Å². The van der Waals surface area contributed by atoms with Gasteiger partial charge in [-0.2, -0.15) is 0 Å². The van der Waals surface area contributed by atoms with E-state index in [2.05, 4.69) is 16.0 Å². The third kappa shape index (κ3) is 8.91. The summed E-state index contributed by atoms with van der Waals surface area (Å²) in [6, 6.07) is 22.8. The van der Waals surface area contributed by atoms with E-state index in [4.69, 9.17) is 14.2 Å². The van der Waals surface area contributed by atoms with Gasteiger partial charge in [-0.25, -0.2) is 0 Å². The molecule has 48 heavy (non-hydrogen) atoms. The first-order valence-corrected chi connectivity index (χ1v) is 15.4. The number of methoxy groups -OCH3 is 3. The minimum atomic E-state index is -0.620. The zero-order valence-corrected chi connectivity index (χ0v) is 27.7. The van der Waals surface area contributed by atoms with E-state index in [1.165, 1.54) is 51.3 Å². The Morgan fingerprint density at radius 2 is 1.52 bits per heavy atom. The summed E-state index contributed by atoms with van der Waals surface area (Å²) in [5, 5.41) is 18.9. The second-order valence-corrected chi connectivity index (χ2v) is 11.7. The number of ether oxygens (including phenoxy) is 3. The number of nitro groups is 1. The van der Waals surface area contributed by atoms with Gasteiger partial charge < -0.3 is 30.2 Å². The van der Waals surface area contributed by atoms with Crippen molar-refractivity contribution in [3.63, 3.8) is 0 Å². The highest BCUT2D eigenvalue weighted by molar-refractivity contribution is 8.00. The lowest BCUT2D eigenvalue weighted by Gasteiger charge is -2.16. The number of nitrogens with one attached hydrogen (secondary N) is 3. The highest BCUT2D eigenvalue weighted by Gasteiger charge is 2.20. The summed E-state index contributed by atoms with van der Waals surface area (Å²) in [5.41, 5.74) is 2.03. The molecule has 0 aromatic heterocycles. The van der Waals surface area contributed by atoms with Crippen molar-refractivity contribution in [3.8, 4) is 17.2 Å². The molecule has 0 spiro atoms. The van der Waals surface area contributed by atoms with Gasteiger partial charge in [0.25, 0.3) is 17.5 Å². The first-order chi connectivity index (χ1) is 23.0. The van der Waals surface area contributed by atoms with Crippen LogP contribution in [0.4, 0.5) is 17.1 Å². The topological polar surface area (TPSA) is 158 Å². The van der Waals surface area contributed by atoms with Gasteiger partial charge in [-0.1, -0.05) is 30.3 Å². The Morgan fingerprint density at radius 3 is 2.19 bits per heavy atom. The predicted octanol–water partition coefficient (Wildman–Crippen LogP) is 6.46. The minimum absolute atomic E-state index is 0.0764. The Labute approximate surface area is 281 Å². The Balaban J connectivity index is 1.57. The van der Waals surface area contributed by atoms with Crippen molar-refractivity contribution in [2.75, 3.05) is 32.0 Å². The molecule has 248 valence electrons. The summed E-state index contributed by atoms with van der Waals surface area (Å²) in [6.45, 7) is 3.45. The number of hydrogen-bond acceptors (Lipinski definition) is 9. The normalized spacial score (nSPS) is 11.6. The summed E-state index contributed by atoms with van der Waals surface area (Å²) >= 11 is 1.24. The summed E-state index contributed by atoms with van der Waals surface area (Å²) in [7, 11) is 4.44. The Bertz CT molecular complexity index is 1860. The van der Waals surface area contributed by atoms with Crippen molar-refractivity contribution in [2.24, 2.45) is 0 Å². The number of anilines is 2. The van der Waals surface area contributed by atoms with Crippen molar-refractivity contribution in [1.82, 2.24) is 5.32 Å². The zero-order chi connectivity index (χ0) is 34.8. The number of amides is 3. The molecule has 1 unspecified atom stereocenters.